The molecular formula is C19H22N2O4S. The van der Waals surface area contributed by atoms with Crippen LogP contribution in [0.2, 0.25) is 0 Å². The van der Waals surface area contributed by atoms with E-state index in [-0.39, 0.29) is 0 Å². The minimum atomic E-state index is -3.87. The van der Waals surface area contributed by atoms with Crippen LogP contribution < -0.4 is 10.2 Å². The van der Waals surface area contributed by atoms with Crippen LogP contribution in [0.4, 0.5) is 11.4 Å². The molecule has 0 fully saturated rings. The van der Waals surface area contributed by atoms with Gasteiger partial charge >= 0.3 is 0 Å². The Kier molecular flexibility index (Phi) is 6.52. The lowest BCUT2D eigenvalue weighted by Gasteiger charge is -2.20. The summed E-state index contributed by atoms with van der Waals surface area (Å²) in [6, 6.07) is 15.8. The second-order valence-electron chi connectivity index (χ2n) is 5.92. The van der Waals surface area contributed by atoms with Crippen molar-refractivity contribution in [1.29, 1.82) is 0 Å². The molecule has 138 valence electrons. The Balaban J connectivity index is 1.99. The quantitative estimate of drug-likeness (QED) is 0.807. The zero-order valence-corrected chi connectivity index (χ0v) is 15.6. The second kappa shape index (κ2) is 8.62. The molecule has 0 bridgehead atoms. The van der Waals surface area contributed by atoms with E-state index in [4.69, 9.17) is 0 Å². The van der Waals surface area contributed by atoms with E-state index in [2.05, 4.69) is 5.32 Å². The van der Waals surface area contributed by atoms with Gasteiger partial charge in [-0.2, -0.15) is 0 Å². The summed E-state index contributed by atoms with van der Waals surface area (Å²) in [5.74, 6) is -2.66. The molecule has 0 radical (unpaired) electrons. The summed E-state index contributed by atoms with van der Waals surface area (Å²) < 4.78 is 24.5. The van der Waals surface area contributed by atoms with Crippen molar-refractivity contribution < 1.29 is 18.0 Å². The van der Waals surface area contributed by atoms with Gasteiger partial charge in [0.25, 0.3) is 0 Å². The molecule has 0 unspecified atom stereocenters. The molecule has 2 aromatic rings. The predicted octanol–water partition coefficient (Wildman–Crippen LogP) is 2.40. The summed E-state index contributed by atoms with van der Waals surface area (Å²) >= 11 is 0. The van der Waals surface area contributed by atoms with Gasteiger partial charge in [-0.15, -0.1) is 0 Å². The largest absolute Gasteiger partial charge is 0.325 e. The number of rotatable bonds is 7. The maximum atomic E-state index is 12.4. The molecule has 7 heteroatoms. The molecule has 2 amide bonds. The maximum Gasteiger partial charge on any atom is 0.242 e. The third-order valence-electron chi connectivity index (χ3n) is 3.71. The van der Waals surface area contributed by atoms with Crippen LogP contribution in [0.15, 0.2) is 54.6 Å². The number of amides is 2. The SMILES string of the molecule is CCN(C(=O)CS(=O)(=O)CC(=O)Nc1ccc(C)cc1)c1ccccc1. The number of sulfone groups is 1. The van der Waals surface area contributed by atoms with Crippen molar-refractivity contribution in [1.82, 2.24) is 0 Å². The van der Waals surface area contributed by atoms with Crippen molar-refractivity contribution in [3.63, 3.8) is 0 Å². The third kappa shape index (κ3) is 5.70. The molecule has 2 rings (SSSR count). The topological polar surface area (TPSA) is 83.6 Å². The molecule has 0 spiro atoms. The molecule has 0 atom stereocenters. The van der Waals surface area contributed by atoms with Crippen molar-refractivity contribution in [3.8, 4) is 0 Å². The third-order valence-corrected chi connectivity index (χ3v) is 5.10. The number of anilines is 2. The first-order chi connectivity index (χ1) is 12.3. The molecule has 0 aliphatic carbocycles. The van der Waals surface area contributed by atoms with Crippen LogP contribution in [0.5, 0.6) is 0 Å². The number of benzene rings is 2. The van der Waals surface area contributed by atoms with E-state index in [0.29, 0.717) is 17.9 Å². The standard InChI is InChI=1S/C19H22N2O4S/c1-3-21(17-7-5-4-6-8-17)19(23)14-26(24,25)13-18(22)20-16-11-9-15(2)10-12-16/h4-12H,3,13-14H2,1-2H3,(H,20,22). The number of nitrogens with zero attached hydrogens (tertiary/aromatic N) is 1. The Morgan fingerprint density at radius 3 is 2.15 bits per heavy atom. The molecule has 2 aromatic carbocycles. The molecule has 0 aliphatic heterocycles. The maximum absolute atomic E-state index is 12.4. The second-order valence-corrected chi connectivity index (χ2v) is 7.98. The lowest BCUT2D eigenvalue weighted by molar-refractivity contribution is -0.116. The molecule has 0 saturated carbocycles. The van der Waals surface area contributed by atoms with Gasteiger partial charge in [-0.1, -0.05) is 35.9 Å². The summed E-state index contributed by atoms with van der Waals surface area (Å²) in [7, 11) is -3.87. The number of aryl methyl sites for hydroxylation is 1. The first-order valence-electron chi connectivity index (χ1n) is 8.23. The van der Waals surface area contributed by atoms with Gasteiger partial charge < -0.3 is 10.2 Å². The van der Waals surface area contributed by atoms with E-state index in [0.717, 1.165) is 5.56 Å². The molecule has 0 saturated heterocycles. The van der Waals surface area contributed by atoms with Crippen molar-refractivity contribution in [2.45, 2.75) is 13.8 Å². The molecule has 0 heterocycles. The van der Waals surface area contributed by atoms with Crippen LogP contribution in [-0.2, 0) is 19.4 Å². The average Bonchev–Trinajstić information content (AvgIpc) is 2.57. The van der Waals surface area contributed by atoms with Crippen LogP contribution in [0.1, 0.15) is 12.5 Å². The highest BCUT2D eigenvalue weighted by atomic mass is 32.2. The minimum Gasteiger partial charge on any atom is -0.325 e. The zero-order chi connectivity index (χ0) is 19.2. The average molecular weight is 374 g/mol. The summed E-state index contributed by atoms with van der Waals surface area (Å²) in [6.07, 6.45) is 0. The van der Waals surface area contributed by atoms with Crippen molar-refractivity contribution in [2.75, 3.05) is 28.3 Å². The van der Waals surface area contributed by atoms with Gasteiger partial charge in [-0.25, -0.2) is 8.42 Å². The van der Waals surface area contributed by atoms with Gasteiger partial charge in [0.1, 0.15) is 11.5 Å². The number of para-hydroxylation sites is 1. The van der Waals surface area contributed by atoms with Gasteiger partial charge in [0.05, 0.1) is 0 Å². The number of carbonyl (C=O) groups is 2. The monoisotopic (exact) mass is 374 g/mol. The predicted molar refractivity (Wildman–Crippen MR) is 103 cm³/mol. The molecule has 0 aliphatic rings. The highest BCUT2D eigenvalue weighted by molar-refractivity contribution is 7.92. The first-order valence-corrected chi connectivity index (χ1v) is 10.1. The minimum absolute atomic E-state index is 0.341. The number of carbonyl (C=O) groups excluding carboxylic acids is 2. The Labute approximate surface area is 153 Å². The lowest BCUT2D eigenvalue weighted by Crippen LogP contribution is -2.37. The van der Waals surface area contributed by atoms with Crippen LogP contribution in [0.25, 0.3) is 0 Å². The summed E-state index contributed by atoms with van der Waals surface area (Å²) in [5, 5.41) is 2.53. The fourth-order valence-electron chi connectivity index (χ4n) is 2.46. The summed E-state index contributed by atoms with van der Waals surface area (Å²) in [4.78, 5) is 25.8. The van der Waals surface area contributed by atoms with E-state index in [1.54, 1.807) is 43.3 Å². The van der Waals surface area contributed by atoms with Gasteiger partial charge in [0.2, 0.25) is 11.8 Å². The van der Waals surface area contributed by atoms with Crippen molar-refractivity contribution in [2.24, 2.45) is 0 Å². The van der Waals surface area contributed by atoms with E-state index >= 15 is 0 Å². The van der Waals surface area contributed by atoms with Gasteiger partial charge in [0.15, 0.2) is 9.84 Å². The fraction of sp³-hybridized carbons (Fsp3) is 0.263. The Morgan fingerprint density at radius 1 is 0.962 bits per heavy atom. The highest BCUT2D eigenvalue weighted by Gasteiger charge is 2.24. The van der Waals surface area contributed by atoms with E-state index in [9.17, 15) is 18.0 Å². The molecule has 0 aromatic heterocycles. The van der Waals surface area contributed by atoms with Crippen LogP contribution >= 0.6 is 0 Å². The first kappa shape index (κ1) is 19.7. The van der Waals surface area contributed by atoms with Crippen LogP contribution in [0, 0.1) is 6.92 Å². The number of nitrogens with one attached hydrogen (secondary N) is 1. The molecule has 6 nitrogen and oxygen atoms in total. The number of hydrogen-bond acceptors (Lipinski definition) is 4. The summed E-state index contributed by atoms with van der Waals surface area (Å²) in [5.41, 5.74) is 2.17. The van der Waals surface area contributed by atoms with E-state index in [1.165, 1.54) is 4.90 Å². The Hall–Kier alpha value is -2.67. The highest BCUT2D eigenvalue weighted by Crippen LogP contribution is 2.14. The number of hydrogen-bond donors (Lipinski definition) is 1. The van der Waals surface area contributed by atoms with Crippen molar-refractivity contribution >= 4 is 33.0 Å². The fourth-order valence-corrected chi connectivity index (χ4v) is 3.57. The normalized spacial score (nSPS) is 11.0. The van der Waals surface area contributed by atoms with E-state index < -0.39 is 33.2 Å². The Morgan fingerprint density at radius 2 is 1.58 bits per heavy atom. The Bertz CT molecular complexity index is 862. The van der Waals surface area contributed by atoms with Gasteiger partial charge in [0, 0.05) is 17.9 Å². The van der Waals surface area contributed by atoms with Gasteiger partial charge in [-0.3, -0.25) is 9.59 Å². The van der Waals surface area contributed by atoms with Crippen LogP contribution in [-0.4, -0.2) is 38.3 Å². The van der Waals surface area contributed by atoms with Gasteiger partial charge in [-0.05, 0) is 38.1 Å². The summed E-state index contributed by atoms with van der Waals surface area (Å²) in [6.45, 7) is 4.02. The van der Waals surface area contributed by atoms with E-state index in [1.807, 2.05) is 25.1 Å². The zero-order valence-electron chi connectivity index (χ0n) is 14.8. The lowest BCUT2D eigenvalue weighted by atomic mass is 10.2. The smallest absolute Gasteiger partial charge is 0.242 e. The van der Waals surface area contributed by atoms with Crippen molar-refractivity contribution in [3.05, 3.63) is 60.2 Å². The van der Waals surface area contributed by atoms with Crippen LogP contribution in [0.3, 0.4) is 0 Å². The molecule has 1 N–H and O–H groups in total. The molecule has 26 heavy (non-hydrogen) atoms. The molecular weight excluding hydrogens is 352 g/mol.